The van der Waals surface area contributed by atoms with E-state index < -0.39 is 4.92 Å². The predicted molar refractivity (Wildman–Crippen MR) is 137 cm³/mol. The molecule has 3 rings (SSSR count). The lowest BCUT2D eigenvalue weighted by Crippen LogP contribution is -2.27. The molecule has 1 amide bonds. The summed E-state index contributed by atoms with van der Waals surface area (Å²) in [5.74, 6) is 0.0462. The van der Waals surface area contributed by atoms with Crippen LogP contribution in [0.15, 0.2) is 42.5 Å². The van der Waals surface area contributed by atoms with Crippen molar-refractivity contribution < 1.29 is 9.72 Å². The summed E-state index contributed by atoms with van der Waals surface area (Å²) in [4.78, 5) is 26.3. The van der Waals surface area contributed by atoms with Crippen LogP contribution in [-0.2, 0) is 0 Å². The average Bonchev–Trinajstić information content (AvgIpc) is 3.06. The van der Waals surface area contributed by atoms with Gasteiger partial charge in [-0.05, 0) is 74.6 Å². The molecule has 2 N–H and O–H groups in total. The molecule has 1 fully saturated rings. The molecule has 0 saturated carbocycles. The van der Waals surface area contributed by atoms with Crippen LogP contribution in [0.3, 0.4) is 0 Å². The number of carbonyl (C=O) groups excluding carboxylic acids is 1. The number of halogens is 1. The number of likely N-dealkylation sites (tertiary alicyclic amines) is 1. The van der Waals surface area contributed by atoms with Gasteiger partial charge in [-0.15, -0.1) is 12.4 Å². The van der Waals surface area contributed by atoms with Gasteiger partial charge in [-0.25, -0.2) is 0 Å². The molecular weight excluding hydrogens is 440 g/mol. The minimum absolute atomic E-state index is 0. The van der Waals surface area contributed by atoms with Crippen molar-refractivity contribution >= 4 is 35.4 Å². The molecule has 7 nitrogen and oxygen atoms in total. The summed E-state index contributed by atoms with van der Waals surface area (Å²) in [6, 6.07) is 12.2. The summed E-state index contributed by atoms with van der Waals surface area (Å²) in [5.41, 5.74) is 2.48. The van der Waals surface area contributed by atoms with Crippen molar-refractivity contribution in [2.45, 2.75) is 51.9 Å². The number of carbonyl (C=O) groups is 1. The second-order valence-corrected chi connectivity index (χ2v) is 8.76. The first-order valence-electron chi connectivity index (χ1n) is 11.6. The molecule has 0 spiro atoms. The number of benzene rings is 2. The van der Waals surface area contributed by atoms with Gasteiger partial charge in [0.25, 0.3) is 11.6 Å². The summed E-state index contributed by atoms with van der Waals surface area (Å²) in [6.45, 7) is 8.16. The van der Waals surface area contributed by atoms with E-state index in [2.05, 4.69) is 29.4 Å². The highest BCUT2D eigenvalue weighted by Gasteiger charge is 2.18. The quantitative estimate of drug-likeness (QED) is 0.261. The Bertz CT molecular complexity index is 910. The SMILES string of the molecule is CC(C)c1ccc(NC(=O)c2ccc(NCCCN3CCCCCC3)c([N+](=O)[O-])c2)cc1.Cl. The Labute approximate surface area is 202 Å². The third kappa shape index (κ3) is 8.02. The van der Waals surface area contributed by atoms with E-state index >= 15 is 0 Å². The second-order valence-electron chi connectivity index (χ2n) is 8.76. The van der Waals surface area contributed by atoms with Crippen LogP contribution in [0, 0.1) is 10.1 Å². The molecule has 8 heteroatoms. The van der Waals surface area contributed by atoms with Crippen molar-refractivity contribution in [2.75, 3.05) is 36.8 Å². The van der Waals surface area contributed by atoms with Gasteiger partial charge in [-0.3, -0.25) is 14.9 Å². The van der Waals surface area contributed by atoms with Crippen LogP contribution in [0.25, 0.3) is 0 Å². The molecule has 0 aromatic heterocycles. The van der Waals surface area contributed by atoms with Gasteiger partial charge in [0.15, 0.2) is 0 Å². The Kier molecular flexibility index (Phi) is 10.6. The lowest BCUT2D eigenvalue weighted by Gasteiger charge is -2.19. The first kappa shape index (κ1) is 26.6. The van der Waals surface area contributed by atoms with Crippen LogP contribution in [-0.4, -0.2) is 41.9 Å². The van der Waals surface area contributed by atoms with Crippen LogP contribution in [0.2, 0.25) is 0 Å². The fraction of sp³-hybridized carbons (Fsp3) is 0.480. The Hall–Kier alpha value is -2.64. The summed E-state index contributed by atoms with van der Waals surface area (Å²) in [5, 5.41) is 17.6. The predicted octanol–water partition coefficient (Wildman–Crippen LogP) is 6.07. The van der Waals surface area contributed by atoms with Gasteiger partial charge in [-0.1, -0.05) is 38.8 Å². The maximum atomic E-state index is 12.6. The molecule has 1 saturated heterocycles. The highest BCUT2D eigenvalue weighted by atomic mass is 35.5. The van der Waals surface area contributed by atoms with E-state index in [0.717, 1.165) is 26.1 Å². The monoisotopic (exact) mass is 474 g/mol. The van der Waals surface area contributed by atoms with Gasteiger partial charge in [0, 0.05) is 23.9 Å². The molecule has 0 radical (unpaired) electrons. The van der Waals surface area contributed by atoms with Gasteiger partial charge in [0.1, 0.15) is 5.69 Å². The molecule has 2 aromatic rings. The lowest BCUT2D eigenvalue weighted by atomic mass is 10.0. The van der Waals surface area contributed by atoms with Crippen LogP contribution in [0.5, 0.6) is 0 Å². The van der Waals surface area contributed by atoms with E-state index in [1.165, 1.54) is 37.3 Å². The van der Waals surface area contributed by atoms with Crippen molar-refractivity contribution in [2.24, 2.45) is 0 Å². The van der Waals surface area contributed by atoms with E-state index in [1.807, 2.05) is 24.3 Å². The first-order chi connectivity index (χ1) is 15.4. The van der Waals surface area contributed by atoms with E-state index in [0.29, 0.717) is 23.8 Å². The minimum Gasteiger partial charge on any atom is -0.379 e. The average molecular weight is 475 g/mol. The van der Waals surface area contributed by atoms with Gasteiger partial charge in [-0.2, -0.15) is 0 Å². The largest absolute Gasteiger partial charge is 0.379 e. The maximum absolute atomic E-state index is 12.6. The number of nitrogens with zero attached hydrogens (tertiary/aromatic N) is 2. The van der Waals surface area contributed by atoms with Crippen LogP contribution in [0.4, 0.5) is 17.1 Å². The zero-order chi connectivity index (χ0) is 22.9. The fourth-order valence-corrected chi connectivity index (χ4v) is 4.01. The molecule has 1 aliphatic heterocycles. The summed E-state index contributed by atoms with van der Waals surface area (Å²) < 4.78 is 0. The number of nitrogens with one attached hydrogen (secondary N) is 2. The number of hydrogen-bond acceptors (Lipinski definition) is 5. The molecule has 180 valence electrons. The fourth-order valence-electron chi connectivity index (χ4n) is 4.01. The Morgan fingerprint density at radius 3 is 2.33 bits per heavy atom. The Balaban J connectivity index is 0.00000385. The molecule has 0 aliphatic carbocycles. The van der Waals surface area contributed by atoms with Crippen molar-refractivity contribution in [3.8, 4) is 0 Å². The number of anilines is 2. The van der Waals surface area contributed by atoms with Gasteiger partial charge < -0.3 is 15.5 Å². The van der Waals surface area contributed by atoms with Crippen LogP contribution >= 0.6 is 12.4 Å². The van der Waals surface area contributed by atoms with Gasteiger partial charge in [0.05, 0.1) is 4.92 Å². The maximum Gasteiger partial charge on any atom is 0.293 e. The normalized spacial score (nSPS) is 14.3. The molecule has 0 bridgehead atoms. The second kappa shape index (κ2) is 13.2. The van der Waals surface area contributed by atoms with Gasteiger partial charge in [0.2, 0.25) is 0 Å². The standard InChI is InChI=1S/C25H34N4O3.ClH/c1-19(2)20-8-11-22(12-9-20)27-25(30)21-10-13-23(24(18-21)29(31)32)26-14-7-17-28-15-5-3-4-6-16-28;/h8-13,18-19,26H,3-7,14-17H2,1-2H3,(H,27,30);1H. The molecular formula is C25H35ClN4O3. The highest BCUT2D eigenvalue weighted by molar-refractivity contribution is 6.05. The zero-order valence-electron chi connectivity index (χ0n) is 19.5. The van der Waals surface area contributed by atoms with Crippen molar-refractivity contribution in [1.82, 2.24) is 4.90 Å². The molecule has 0 atom stereocenters. The molecule has 0 unspecified atom stereocenters. The molecule has 2 aromatic carbocycles. The molecule has 1 aliphatic rings. The van der Waals surface area contributed by atoms with E-state index in [1.54, 1.807) is 12.1 Å². The Morgan fingerprint density at radius 1 is 1.06 bits per heavy atom. The van der Waals surface area contributed by atoms with Crippen LogP contribution < -0.4 is 10.6 Å². The number of rotatable bonds is 9. The number of hydrogen-bond donors (Lipinski definition) is 2. The Morgan fingerprint density at radius 2 is 1.73 bits per heavy atom. The highest BCUT2D eigenvalue weighted by Crippen LogP contribution is 2.26. The van der Waals surface area contributed by atoms with Gasteiger partial charge >= 0.3 is 0 Å². The van der Waals surface area contributed by atoms with E-state index in [9.17, 15) is 14.9 Å². The zero-order valence-corrected chi connectivity index (χ0v) is 20.3. The topological polar surface area (TPSA) is 87.5 Å². The lowest BCUT2D eigenvalue weighted by molar-refractivity contribution is -0.384. The van der Waals surface area contributed by atoms with Crippen molar-refractivity contribution in [3.05, 3.63) is 63.7 Å². The molecule has 1 heterocycles. The minimum atomic E-state index is -0.439. The van der Waals surface area contributed by atoms with E-state index in [-0.39, 0.29) is 29.6 Å². The molecule has 33 heavy (non-hydrogen) atoms. The number of nitro benzene ring substituents is 1. The number of amides is 1. The third-order valence-electron chi connectivity index (χ3n) is 5.96. The summed E-state index contributed by atoms with van der Waals surface area (Å²) in [6.07, 6.45) is 6.05. The van der Waals surface area contributed by atoms with E-state index in [4.69, 9.17) is 0 Å². The summed E-state index contributed by atoms with van der Waals surface area (Å²) in [7, 11) is 0. The van der Waals surface area contributed by atoms with Crippen LogP contribution in [0.1, 0.15) is 67.8 Å². The smallest absolute Gasteiger partial charge is 0.293 e. The van der Waals surface area contributed by atoms with Crippen molar-refractivity contribution in [3.63, 3.8) is 0 Å². The summed E-state index contributed by atoms with van der Waals surface area (Å²) >= 11 is 0. The number of nitro groups is 1. The first-order valence-corrected chi connectivity index (χ1v) is 11.6. The van der Waals surface area contributed by atoms with Crippen molar-refractivity contribution in [1.29, 1.82) is 0 Å². The third-order valence-corrected chi connectivity index (χ3v) is 5.96.